The monoisotopic (exact) mass is 395 g/mol. The van der Waals surface area contributed by atoms with Crippen molar-refractivity contribution in [1.82, 2.24) is 4.90 Å². The number of nitrogens with zero attached hydrogens (tertiary/aromatic N) is 1. The fraction of sp³-hybridized carbons (Fsp3) is 0.348. The van der Waals surface area contributed by atoms with Crippen LogP contribution < -0.4 is 15.4 Å². The summed E-state index contributed by atoms with van der Waals surface area (Å²) in [6.07, 6.45) is 6.54. The minimum absolute atomic E-state index is 0.288. The SMILES string of the molecule is O=C1Nc2cccc(F)c2C1=CNc1ccc(OCCCN2CCCCC2)cc1. The molecule has 0 bridgehead atoms. The van der Waals surface area contributed by atoms with Gasteiger partial charge < -0.3 is 20.3 Å². The van der Waals surface area contributed by atoms with Gasteiger partial charge >= 0.3 is 0 Å². The molecule has 29 heavy (non-hydrogen) atoms. The topological polar surface area (TPSA) is 53.6 Å². The van der Waals surface area contributed by atoms with Crippen molar-refractivity contribution in [3.8, 4) is 5.75 Å². The zero-order valence-corrected chi connectivity index (χ0v) is 16.4. The Morgan fingerprint density at radius 2 is 1.90 bits per heavy atom. The Kier molecular flexibility index (Phi) is 6.10. The van der Waals surface area contributed by atoms with E-state index in [1.54, 1.807) is 18.3 Å². The molecule has 5 nitrogen and oxygen atoms in total. The van der Waals surface area contributed by atoms with Crippen LogP contribution in [0.15, 0.2) is 48.7 Å². The van der Waals surface area contributed by atoms with Gasteiger partial charge in [0.05, 0.1) is 17.9 Å². The average Bonchev–Trinajstić information content (AvgIpc) is 3.07. The Hall–Kier alpha value is -2.86. The fourth-order valence-electron chi connectivity index (χ4n) is 3.81. The number of benzene rings is 2. The summed E-state index contributed by atoms with van der Waals surface area (Å²) < 4.78 is 19.9. The molecule has 0 aromatic heterocycles. The van der Waals surface area contributed by atoms with Gasteiger partial charge in [0, 0.05) is 24.0 Å². The summed E-state index contributed by atoms with van der Waals surface area (Å²) in [5, 5.41) is 5.75. The number of hydrogen-bond donors (Lipinski definition) is 2. The molecule has 0 atom stereocenters. The lowest BCUT2D eigenvalue weighted by Crippen LogP contribution is -2.31. The standard InChI is InChI=1S/C23H26FN3O2/c24-20-6-4-7-21-22(20)19(23(28)26-21)16-25-17-8-10-18(11-9-17)29-15-5-14-27-12-2-1-3-13-27/h4,6-11,16,25H,1-3,5,12-15H2,(H,26,28). The third-order valence-electron chi connectivity index (χ3n) is 5.35. The highest BCUT2D eigenvalue weighted by Gasteiger charge is 2.27. The normalized spacial score (nSPS) is 17.8. The molecule has 1 fully saturated rings. The van der Waals surface area contributed by atoms with E-state index in [9.17, 15) is 9.18 Å². The molecule has 2 aliphatic heterocycles. The van der Waals surface area contributed by atoms with Crippen molar-refractivity contribution in [3.05, 3.63) is 60.0 Å². The quantitative estimate of drug-likeness (QED) is 0.536. The molecule has 152 valence electrons. The fourth-order valence-corrected chi connectivity index (χ4v) is 3.81. The van der Waals surface area contributed by atoms with Crippen LogP contribution >= 0.6 is 0 Å². The molecule has 2 heterocycles. The highest BCUT2D eigenvalue weighted by atomic mass is 19.1. The number of anilines is 2. The van der Waals surface area contributed by atoms with Gasteiger partial charge in [-0.05, 0) is 68.8 Å². The third kappa shape index (κ3) is 4.77. The summed E-state index contributed by atoms with van der Waals surface area (Å²) >= 11 is 0. The first-order chi connectivity index (χ1) is 14.2. The first-order valence-corrected chi connectivity index (χ1v) is 10.2. The van der Waals surface area contributed by atoms with E-state index in [1.807, 2.05) is 24.3 Å². The Morgan fingerprint density at radius 1 is 1.10 bits per heavy atom. The predicted molar refractivity (Wildman–Crippen MR) is 113 cm³/mol. The molecule has 0 spiro atoms. The van der Waals surface area contributed by atoms with Crippen molar-refractivity contribution in [2.45, 2.75) is 25.7 Å². The van der Waals surface area contributed by atoms with Crippen LogP contribution in [0.2, 0.25) is 0 Å². The van der Waals surface area contributed by atoms with Crippen LogP contribution in [-0.4, -0.2) is 37.0 Å². The van der Waals surface area contributed by atoms with Crippen molar-refractivity contribution in [2.75, 3.05) is 36.9 Å². The van der Waals surface area contributed by atoms with Gasteiger partial charge in [-0.25, -0.2) is 4.39 Å². The molecule has 0 unspecified atom stereocenters. The molecule has 0 saturated carbocycles. The maximum atomic E-state index is 14.1. The van der Waals surface area contributed by atoms with Gasteiger partial charge in [-0.15, -0.1) is 0 Å². The Labute approximate surface area is 170 Å². The first kappa shape index (κ1) is 19.5. The number of halogens is 1. The van der Waals surface area contributed by atoms with Crippen LogP contribution in [0.25, 0.3) is 5.57 Å². The molecule has 2 aromatic rings. The molecule has 0 radical (unpaired) electrons. The molecular formula is C23H26FN3O2. The molecule has 2 aliphatic rings. The maximum absolute atomic E-state index is 14.1. The minimum atomic E-state index is -0.415. The van der Waals surface area contributed by atoms with E-state index in [4.69, 9.17) is 4.74 Å². The van der Waals surface area contributed by atoms with Crippen molar-refractivity contribution < 1.29 is 13.9 Å². The van der Waals surface area contributed by atoms with E-state index in [0.29, 0.717) is 17.9 Å². The van der Waals surface area contributed by atoms with Crippen molar-refractivity contribution >= 4 is 22.9 Å². The van der Waals surface area contributed by atoms with Crippen LogP contribution in [0.5, 0.6) is 5.75 Å². The number of nitrogens with one attached hydrogen (secondary N) is 2. The second kappa shape index (κ2) is 9.09. The van der Waals surface area contributed by atoms with E-state index >= 15 is 0 Å². The van der Waals surface area contributed by atoms with E-state index in [0.717, 1.165) is 24.4 Å². The molecule has 6 heteroatoms. The lowest BCUT2D eigenvalue weighted by molar-refractivity contribution is -0.110. The van der Waals surface area contributed by atoms with Crippen molar-refractivity contribution in [1.29, 1.82) is 0 Å². The Morgan fingerprint density at radius 3 is 2.69 bits per heavy atom. The summed E-state index contributed by atoms with van der Waals surface area (Å²) in [6.45, 7) is 4.21. The molecule has 1 saturated heterocycles. The van der Waals surface area contributed by atoms with Gasteiger partial charge in [0.1, 0.15) is 11.6 Å². The molecule has 2 N–H and O–H groups in total. The number of carbonyl (C=O) groups excluding carboxylic acids is 1. The second-order valence-electron chi connectivity index (χ2n) is 7.45. The van der Waals surface area contributed by atoms with E-state index < -0.39 is 5.82 Å². The van der Waals surface area contributed by atoms with Gasteiger partial charge in [0.15, 0.2) is 0 Å². The largest absolute Gasteiger partial charge is 0.494 e. The average molecular weight is 395 g/mol. The smallest absolute Gasteiger partial charge is 0.257 e. The first-order valence-electron chi connectivity index (χ1n) is 10.2. The van der Waals surface area contributed by atoms with E-state index in [-0.39, 0.29) is 11.5 Å². The number of rotatable bonds is 7. The summed E-state index contributed by atoms with van der Waals surface area (Å²) in [7, 11) is 0. The molecule has 2 aromatic carbocycles. The lowest BCUT2D eigenvalue weighted by atomic mass is 10.1. The number of piperidine rings is 1. The van der Waals surface area contributed by atoms with Gasteiger partial charge in [-0.2, -0.15) is 0 Å². The van der Waals surface area contributed by atoms with Crippen LogP contribution in [0.1, 0.15) is 31.2 Å². The number of likely N-dealkylation sites (tertiary alicyclic amines) is 1. The summed E-state index contributed by atoms with van der Waals surface area (Å²) in [5.74, 6) is 0.0882. The molecule has 1 amide bonds. The second-order valence-corrected chi connectivity index (χ2v) is 7.45. The lowest BCUT2D eigenvalue weighted by Gasteiger charge is -2.26. The summed E-state index contributed by atoms with van der Waals surface area (Å²) in [4.78, 5) is 14.6. The number of ether oxygens (including phenoxy) is 1. The Bertz CT molecular complexity index is 889. The van der Waals surface area contributed by atoms with Gasteiger partial charge in [0.2, 0.25) is 0 Å². The number of carbonyl (C=O) groups is 1. The predicted octanol–water partition coefficient (Wildman–Crippen LogP) is 4.49. The number of fused-ring (bicyclic) bond motifs is 1. The highest BCUT2D eigenvalue weighted by Crippen LogP contribution is 2.33. The molecule has 0 aliphatic carbocycles. The minimum Gasteiger partial charge on any atom is -0.494 e. The van der Waals surface area contributed by atoms with Crippen LogP contribution in [0, 0.1) is 5.82 Å². The van der Waals surface area contributed by atoms with E-state index in [1.165, 1.54) is 38.4 Å². The zero-order chi connectivity index (χ0) is 20.1. The molecular weight excluding hydrogens is 369 g/mol. The summed E-state index contributed by atoms with van der Waals surface area (Å²) in [6, 6.07) is 12.2. The molecule has 4 rings (SSSR count). The van der Waals surface area contributed by atoms with Crippen LogP contribution in [-0.2, 0) is 4.79 Å². The highest BCUT2D eigenvalue weighted by molar-refractivity contribution is 6.31. The van der Waals surface area contributed by atoms with Crippen molar-refractivity contribution in [3.63, 3.8) is 0 Å². The maximum Gasteiger partial charge on any atom is 0.257 e. The Balaban J connectivity index is 1.29. The van der Waals surface area contributed by atoms with Gasteiger partial charge in [-0.1, -0.05) is 12.5 Å². The third-order valence-corrected chi connectivity index (χ3v) is 5.35. The van der Waals surface area contributed by atoms with Crippen molar-refractivity contribution in [2.24, 2.45) is 0 Å². The van der Waals surface area contributed by atoms with E-state index in [2.05, 4.69) is 15.5 Å². The van der Waals surface area contributed by atoms with Crippen LogP contribution in [0.3, 0.4) is 0 Å². The summed E-state index contributed by atoms with van der Waals surface area (Å²) in [5.41, 5.74) is 1.89. The zero-order valence-electron chi connectivity index (χ0n) is 16.4. The number of hydrogen-bond acceptors (Lipinski definition) is 4. The number of amides is 1. The van der Waals surface area contributed by atoms with Crippen LogP contribution in [0.4, 0.5) is 15.8 Å². The van der Waals surface area contributed by atoms with Gasteiger partial charge in [0.25, 0.3) is 5.91 Å². The van der Waals surface area contributed by atoms with Gasteiger partial charge in [-0.3, -0.25) is 4.79 Å².